The topological polar surface area (TPSA) is 192 Å². The number of rotatable bonds is 9. The molecular weight excluding hydrogens is 805 g/mol. The van der Waals surface area contributed by atoms with Crippen molar-refractivity contribution in [2.45, 2.75) is 133 Å². The van der Waals surface area contributed by atoms with Crippen LogP contribution in [0.15, 0.2) is 30.4 Å². The Morgan fingerprint density at radius 2 is 1.88 bits per heavy atom. The minimum Gasteiger partial charge on any atom is -0.497 e. The highest BCUT2D eigenvalue weighted by Gasteiger charge is 2.63. The molecule has 0 bridgehead atoms. The van der Waals surface area contributed by atoms with Crippen LogP contribution in [0.5, 0.6) is 17.5 Å². The highest BCUT2D eigenvalue weighted by molar-refractivity contribution is 7.91. The summed E-state index contributed by atoms with van der Waals surface area (Å²) < 4.78 is 78.3. The smallest absolute Gasteiger partial charge is 0.408 e. The van der Waals surface area contributed by atoms with Crippen LogP contribution in [0, 0.1) is 17.8 Å². The number of fused-ring (bicyclic) bond motifs is 5. The van der Waals surface area contributed by atoms with Gasteiger partial charge in [-0.3, -0.25) is 19.1 Å². The van der Waals surface area contributed by atoms with Crippen molar-refractivity contribution in [3.8, 4) is 17.5 Å². The Morgan fingerprint density at radius 3 is 2.58 bits per heavy atom. The van der Waals surface area contributed by atoms with Crippen molar-refractivity contribution >= 4 is 44.6 Å². The van der Waals surface area contributed by atoms with Crippen LogP contribution in [0.1, 0.15) is 91.5 Å². The maximum absolute atomic E-state index is 14.9. The molecule has 0 radical (unpaired) electrons. The van der Waals surface area contributed by atoms with Crippen molar-refractivity contribution in [3.05, 3.63) is 35.9 Å². The van der Waals surface area contributed by atoms with Crippen molar-refractivity contribution in [1.29, 1.82) is 0 Å². The molecule has 2 aromatic rings. The van der Waals surface area contributed by atoms with Gasteiger partial charge in [0.05, 0.1) is 25.0 Å². The number of carbonyl (C=O) groups excluding carboxylic acids is 4. The van der Waals surface area contributed by atoms with E-state index in [1.807, 2.05) is 31.2 Å². The number of pyridine rings is 1. The van der Waals surface area contributed by atoms with E-state index in [0.717, 1.165) is 31.2 Å². The van der Waals surface area contributed by atoms with E-state index in [1.165, 1.54) is 4.90 Å². The summed E-state index contributed by atoms with van der Waals surface area (Å²) in [5, 5.41) is 6.86. The first-order valence-corrected chi connectivity index (χ1v) is 22.2. The SMILES string of the molecule is COc1ccc2c(O[C@@H]3C[C@H]4C(=O)N[C@]5(C(=O)NS(=O)(=O)C6(C)CC6)C[C@H]5/C=C\CC[C@@H](C)C[C@@H](C)[C@H](NC(=O)OC(C)(C)C(F)F)C(=O)N4C3)nc3c(c2c1)CCCO3. The summed E-state index contributed by atoms with van der Waals surface area (Å²) in [5.41, 5.74) is -2.89. The van der Waals surface area contributed by atoms with Crippen molar-refractivity contribution in [2.24, 2.45) is 17.8 Å². The van der Waals surface area contributed by atoms with Crippen molar-refractivity contribution in [3.63, 3.8) is 0 Å². The summed E-state index contributed by atoms with van der Waals surface area (Å²) in [6.07, 6.45) is 2.66. The maximum atomic E-state index is 14.9. The third-order valence-corrected chi connectivity index (χ3v) is 14.9. The molecule has 7 atom stereocenters. The summed E-state index contributed by atoms with van der Waals surface area (Å²) in [5.74, 6) is -2.13. The summed E-state index contributed by atoms with van der Waals surface area (Å²) in [6.45, 7) is 7.72. The van der Waals surface area contributed by atoms with E-state index in [0.29, 0.717) is 62.1 Å². The number of halogens is 2. The number of hydrogen-bond acceptors (Lipinski definition) is 11. The van der Waals surface area contributed by atoms with Crippen LogP contribution in [-0.2, 0) is 35.6 Å². The molecule has 1 aromatic carbocycles. The Balaban J connectivity index is 1.25. The molecule has 5 aliphatic rings. The number of allylic oxidation sites excluding steroid dienone is 1. The largest absolute Gasteiger partial charge is 0.497 e. The van der Waals surface area contributed by atoms with E-state index in [4.69, 9.17) is 23.9 Å². The van der Waals surface area contributed by atoms with Crippen LogP contribution >= 0.6 is 0 Å². The Kier molecular flexibility index (Phi) is 11.8. The fourth-order valence-electron chi connectivity index (χ4n) is 8.48. The van der Waals surface area contributed by atoms with Gasteiger partial charge in [-0.1, -0.05) is 26.0 Å². The molecule has 2 saturated carbocycles. The van der Waals surface area contributed by atoms with Crippen LogP contribution in [0.25, 0.3) is 10.8 Å². The second-order valence-corrected chi connectivity index (χ2v) is 20.1. The number of alkyl carbamates (subject to hydrolysis) is 1. The number of aryl methyl sites for hydroxylation is 1. The van der Waals surface area contributed by atoms with Gasteiger partial charge in [-0.2, -0.15) is 4.98 Å². The Morgan fingerprint density at radius 1 is 1.13 bits per heavy atom. The zero-order valence-corrected chi connectivity index (χ0v) is 35.7. The summed E-state index contributed by atoms with van der Waals surface area (Å²) >= 11 is 0. The van der Waals surface area contributed by atoms with E-state index in [1.54, 1.807) is 27.0 Å². The van der Waals surface area contributed by atoms with Gasteiger partial charge in [0.1, 0.15) is 29.5 Å². The second kappa shape index (κ2) is 16.3. The van der Waals surface area contributed by atoms with E-state index in [9.17, 15) is 36.4 Å². The van der Waals surface area contributed by atoms with Crippen molar-refractivity contribution in [1.82, 2.24) is 25.2 Å². The van der Waals surface area contributed by atoms with Gasteiger partial charge in [0.2, 0.25) is 33.6 Å². The molecule has 60 heavy (non-hydrogen) atoms. The van der Waals surface area contributed by atoms with Gasteiger partial charge in [-0.05, 0) is 108 Å². The third-order valence-electron chi connectivity index (χ3n) is 12.7. The van der Waals surface area contributed by atoms with Crippen LogP contribution in [0.3, 0.4) is 0 Å². The van der Waals surface area contributed by atoms with Gasteiger partial charge in [0.25, 0.3) is 12.3 Å². The molecule has 0 unspecified atom stereocenters. The van der Waals surface area contributed by atoms with Crippen molar-refractivity contribution < 1.29 is 55.3 Å². The lowest BCUT2D eigenvalue weighted by Crippen LogP contribution is -2.59. The zero-order valence-electron chi connectivity index (χ0n) is 34.8. The normalized spacial score (nSPS) is 29.6. The zero-order chi connectivity index (χ0) is 43.4. The quantitative estimate of drug-likeness (QED) is 0.290. The Labute approximate surface area is 348 Å². The summed E-state index contributed by atoms with van der Waals surface area (Å²) in [6, 6.07) is 2.86. The molecule has 15 nitrogen and oxygen atoms in total. The van der Waals surface area contributed by atoms with Crippen LogP contribution in [0.2, 0.25) is 0 Å². The number of benzene rings is 1. The van der Waals surface area contributed by atoms with Crippen LogP contribution in [-0.4, -0.2) is 103 Å². The number of alkyl halides is 2. The Hall–Kier alpha value is -4.74. The highest BCUT2D eigenvalue weighted by atomic mass is 32.2. The molecule has 3 aliphatic heterocycles. The summed E-state index contributed by atoms with van der Waals surface area (Å²) in [7, 11) is -2.50. The molecule has 18 heteroatoms. The van der Waals surface area contributed by atoms with Crippen LogP contribution < -0.4 is 29.6 Å². The molecule has 4 heterocycles. The van der Waals surface area contributed by atoms with Gasteiger partial charge < -0.3 is 34.5 Å². The molecule has 1 saturated heterocycles. The number of methoxy groups -OCH3 is 1. The molecule has 2 aliphatic carbocycles. The fraction of sp³-hybridized carbons (Fsp3) is 0.643. The van der Waals surface area contributed by atoms with E-state index < -0.39 is 86.2 Å². The molecule has 3 N–H and O–H groups in total. The average Bonchev–Trinajstić information content (AvgIpc) is 4.07. The first-order chi connectivity index (χ1) is 28.3. The Bertz CT molecular complexity index is 2180. The number of ether oxygens (including phenoxy) is 4. The molecule has 7 rings (SSSR count). The van der Waals surface area contributed by atoms with Gasteiger partial charge in [-0.15, -0.1) is 0 Å². The van der Waals surface area contributed by atoms with Crippen LogP contribution in [0.4, 0.5) is 13.6 Å². The molecule has 1 aromatic heterocycles. The average molecular weight is 860 g/mol. The van der Waals surface area contributed by atoms with Gasteiger partial charge in [0.15, 0.2) is 5.60 Å². The first kappa shape index (κ1) is 43.4. The van der Waals surface area contributed by atoms with E-state index >= 15 is 0 Å². The number of nitrogens with zero attached hydrogens (tertiary/aromatic N) is 2. The second-order valence-electron chi connectivity index (χ2n) is 17.9. The van der Waals surface area contributed by atoms with E-state index in [-0.39, 0.29) is 31.2 Å². The third kappa shape index (κ3) is 8.57. The molecule has 328 valence electrons. The fourth-order valence-corrected chi connectivity index (χ4v) is 9.80. The van der Waals surface area contributed by atoms with Gasteiger partial charge >= 0.3 is 6.09 Å². The molecular formula is C42H55F2N5O10S. The van der Waals surface area contributed by atoms with Crippen molar-refractivity contribution in [2.75, 3.05) is 20.3 Å². The number of carbonyl (C=O) groups is 4. The lowest BCUT2D eigenvalue weighted by Gasteiger charge is -2.33. The lowest BCUT2D eigenvalue weighted by atomic mass is 9.88. The number of nitrogens with one attached hydrogen (secondary N) is 3. The monoisotopic (exact) mass is 859 g/mol. The lowest BCUT2D eigenvalue weighted by molar-refractivity contribution is -0.142. The number of sulfonamides is 1. The summed E-state index contributed by atoms with van der Waals surface area (Å²) in [4.78, 5) is 62.8. The molecule has 3 fully saturated rings. The molecule has 4 amide bonds. The minimum absolute atomic E-state index is 0.0199. The van der Waals surface area contributed by atoms with E-state index in [2.05, 4.69) is 15.4 Å². The van der Waals surface area contributed by atoms with Gasteiger partial charge in [-0.25, -0.2) is 22.0 Å². The minimum atomic E-state index is -4.06. The highest BCUT2D eigenvalue weighted by Crippen LogP contribution is 2.48. The predicted octanol–water partition coefficient (Wildman–Crippen LogP) is 4.94. The number of hydrogen-bond donors (Lipinski definition) is 3. The number of aromatic nitrogens is 1. The predicted molar refractivity (Wildman–Crippen MR) is 215 cm³/mol. The standard InChI is InChI=1S/C42H55F2N5O10S/c1-23-10-7-8-11-25-21-42(25,38(52)48-60(54,55)41(5)15-16-41)47-33(50)31-20-27(22-49(31)36(51)32(24(2)18-23)45-39(53)59-40(3,4)37(43)44)58-35-29-14-13-26(56-6)19-30(29)28-12-9-17-57-34(28)46-35/h8,11,13-14,19,23-25,27,31-32,37H,7,9-10,12,15-18,20-22H2,1-6H3,(H,45,53)(H,47,50)(H,48,52)/b11-8-/t23-,24-,25-,27-,31+,32+,42-/m1/s1. The van der Waals surface area contributed by atoms with Gasteiger partial charge in [0, 0.05) is 23.3 Å². The maximum Gasteiger partial charge on any atom is 0.408 e. The first-order valence-electron chi connectivity index (χ1n) is 20.7. The molecule has 0 spiro atoms. The number of amides is 4.